The second-order valence-electron chi connectivity index (χ2n) is 4.07. The van der Waals surface area contributed by atoms with Crippen molar-refractivity contribution in [1.29, 1.82) is 0 Å². The first-order valence-electron chi connectivity index (χ1n) is 5.57. The molecule has 1 unspecified atom stereocenters. The van der Waals surface area contributed by atoms with Gasteiger partial charge in [0.1, 0.15) is 5.82 Å². The van der Waals surface area contributed by atoms with Gasteiger partial charge in [0.05, 0.1) is 10.5 Å². The fraction of sp³-hybridized carbons (Fsp3) is 0.417. The average Bonchev–Trinajstić information content (AvgIpc) is 2.33. The van der Waals surface area contributed by atoms with Crippen molar-refractivity contribution in [3.63, 3.8) is 0 Å². The quantitative estimate of drug-likeness (QED) is 0.909. The predicted octanol–water partition coefficient (Wildman–Crippen LogP) is 2.30. The topological polar surface area (TPSA) is 32.3 Å². The van der Waals surface area contributed by atoms with E-state index in [2.05, 4.69) is 21.2 Å². The molecule has 3 nitrogen and oxygen atoms in total. The molecule has 1 aromatic carbocycles. The zero-order chi connectivity index (χ0) is 12.4. The van der Waals surface area contributed by atoms with Crippen LogP contribution in [0.2, 0.25) is 0 Å². The van der Waals surface area contributed by atoms with Gasteiger partial charge in [-0.25, -0.2) is 4.39 Å². The van der Waals surface area contributed by atoms with E-state index < -0.39 is 0 Å². The molecule has 92 valence electrons. The molecule has 0 saturated carbocycles. The Morgan fingerprint density at radius 1 is 1.53 bits per heavy atom. The Hall–Kier alpha value is -0.940. The number of hydrogen-bond donors (Lipinski definition) is 1. The minimum atomic E-state index is -0.345. The molecule has 1 aromatic rings. The zero-order valence-corrected chi connectivity index (χ0v) is 11.1. The van der Waals surface area contributed by atoms with Crippen LogP contribution in [0.4, 0.5) is 10.1 Å². The van der Waals surface area contributed by atoms with Crippen LogP contribution in [-0.2, 0) is 4.79 Å². The van der Waals surface area contributed by atoms with Gasteiger partial charge in [-0.1, -0.05) is 0 Å². The summed E-state index contributed by atoms with van der Waals surface area (Å²) in [5.74, 6) is -0.331. The summed E-state index contributed by atoms with van der Waals surface area (Å²) in [4.78, 5) is 13.7. The number of anilines is 1. The average molecular weight is 301 g/mol. The number of benzene rings is 1. The largest absolute Gasteiger partial charge is 0.311 e. The lowest BCUT2D eigenvalue weighted by Gasteiger charge is -2.32. The van der Waals surface area contributed by atoms with E-state index in [9.17, 15) is 9.18 Å². The summed E-state index contributed by atoms with van der Waals surface area (Å²) in [6.45, 7) is 0.651. The number of rotatable bonds is 2. The standard InChI is InChI=1S/C12H14BrFN2O/c1-15-11-3-2-6-16(12(11)17)8-4-5-9(13)10(14)7-8/h4-5,7,11,15H,2-3,6H2,1H3. The Labute approximate surface area is 108 Å². The molecule has 0 radical (unpaired) electrons. The molecule has 1 heterocycles. The van der Waals surface area contributed by atoms with Crippen molar-refractivity contribution >= 4 is 27.5 Å². The van der Waals surface area contributed by atoms with E-state index in [1.807, 2.05) is 0 Å². The number of nitrogens with one attached hydrogen (secondary N) is 1. The van der Waals surface area contributed by atoms with E-state index in [0.29, 0.717) is 16.7 Å². The second kappa shape index (κ2) is 5.14. The second-order valence-corrected chi connectivity index (χ2v) is 4.93. The van der Waals surface area contributed by atoms with Gasteiger partial charge in [-0.15, -0.1) is 0 Å². The molecular weight excluding hydrogens is 287 g/mol. The number of likely N-dealkylation sites (N-methyl/N-ethyl adjacent to an activating group) is 1. The van der Waals surface area contributed by atoms with Crippen LogP contribution >= 0.6 is 15.9 Å². The summed E-state index contributed by atoms with van der Waals surface area (Å²) in [6, 6.07) is 4.61. The molecule has 1 aliphatic heterocycles. The molecule has 1 saturated heterocycles. The van der Waals surface area contributed by atoms with Crippen molar-refractivity contribution in [2.75, 3.05) is 18.5 Å². The molecule has 17 heavy (non-hydrogen) atoms. The Balaban J connectivity index is 2.26. The van der Waals surface area contributed by atoms with Gasteiger partial charge in [0.2, 0.25) is 5.91 Å². The molecule has 0 bridgehead atoms. The van der Waals surface area contributed by atoms with Gasteiger partial charge < -0.3 is 10.2 Å². The van der Waals surface area contributed by atoms with Crippen LogP contribution in [-0.4, -0.2) is 25.5 Å². The number of carbonyl (C=O) groups is 1. The Bertz CT molecular complexity index is 439. The maximum Gasteiger partial charge on any atom is 0.244 e. The Morgan fingerprint density at radius 3 is 2.94 bits per heavy atom. The molecule has 1 fully saturated rings. The van der Waals surface area contributed by atoms with Gasteiger partial charge >= 0.3 is 0 Å². The van der Waals surface area contributed by atoms with E-state index in [-0.39, 0.29) is 17.8 Å². The summed E-state index contributed by atoms with van der Waals surface area (Å²) >= 11 is 3.10. The Kier molecular flexibility index (Phi) is 3.79. The number of carbonyl (C=O) groups excluding carboxylic acids is 1. The van der Waals surface area contributed by atoms with Gasteiger partial charge in [-0.2, -0.15) is 0 Å². The first kappa shape index (κ1) is 12.5. The highest BCUT2D eigenvalue weighted by molar-refractivity contribution is 9.10. The van der Waals surface area contributed by atoms with Crippen molar-refractivity contribution in [3.05, 3.63) is 28.5 Å². The number of halogens is 2. The van der Waals surface area contributed by atoms with Crippen molar-refractivity contribution in [2.45, 2.75) is 18.9 Å². The maximum absolute atomic E-state index is 13.4. The maximum atomic E-state index is 13.4. The molecule has 0 aromatic heterocycles. The molecule has 1 amide bonds. The van der Waals surface area contributed by atoms with E-state index in [0.717, 1.165) is 12.8 Å². The molecule has 1 aliphatic rings. The lowest BCUT2D eigenvalue weighted by Crippen LogP contribution is -2.49. The molecule has 1 N–H and O–H groups in total. The van der Waals surface area contributed by atoms with Crippen LogP contribution in [0.3, 0.4) is 0 Å². The smallest absolute Gasteiger partial charge is 0.244 e. The monoisotopic (exact) mass is 300 g/mol. The summed E-state index contributed by atoms with van der Waals surface area (Å²) in [5, 5.41) is 2.99. The summed E-state index contributed by atoms with van der Waals surface area (Å²) in [5.41, 5.74) is 0.621. The number of piperidine rings is 1. The third kappa shape index (κ3) is 2.50. The van der Waals surface area contributed by atoms with Gasteiger partial charge in [-0.3, -0.25) is 4.79 Å². The minimum Gasteiger partial charge on any atom is -0.311 e. The molecule has 5 heteroatoms. The summed E-state index contributed by atoms with van der Waals surface area (Å²) < 4.78 is 13.9. The summed E-state index contributed by atoms with van der Waals surface area (Å²) in [7, 11) is 1.77. The van der Waals surface area contributed by atoms with Crippen molar-refractivity contribution in [2.24, 2.45) is 0 Å². The number of amides is 1. The zero-order valence-electron chi connectivity index (χ0n) is 9.54. The van der Waals surface area contributed by atoms with Gasteiger partial charge in [0, 0.05) is 12.2 Å². The predicted molar refractivity (Wildman–Crippen MR) is 68.5 cm³/mol. The first-order chi connectivity index (χ1) is 8.13. The molecular formula is C12H14BrFN2O. The highest BCUT2D eigenvalue weighted by atomic mass is 79.9. The third-order valence-electron chi connectivity index (χ3n) is 3.00. The van der Waals surface area contributed by atoms with Gasteiger partial charge in [0.15, 0.2) is 0 Å². The number of hydrogen-bond acceptors (Lipinski definition) is 2. The van der Waals surface area contributed by atoms with Crippen molar-refractivity contribution in [1.82, 2.24) is 5.32 Å². The first-order valence-corrected chi connectivity index (χ1v) is 6.36. The normalized spacial score (nSPS) is 20.8. The van der Waals surface area contributed by atoms with Crippen LogP contribution in [0.25, 0.3) is 0 Å². The molecule has 1 atom stereocenters. The van der Waals surface area contributed by atoms with Gasteiger partial charge in [-0.05, 0) is 54.0 Å². The molecule has 0 spiro atoms. The van der Waals surface area contributed by atoms with Crippen LogP contribution in [0.15, 0.2) is 22.7 Å². The van der Waals surface area contributed by atoms with E-state index in [1.165, 1.54) is 6.07 Å². The Morgan fingerprint density at radius 2 is 2.29 bits per heavy atom. The van der Waals surface area contributed by atoms with Crippen LogP contribution in [0.5, 0.6) is 0 Å². The van der Waals surface area contributed by atoms with E-state index >= 15 is 0 Å². The molecule has 2 rings (SSSR count). The fourth-order valence-electron chi connectivity index (χ4n) is 2.05. The summed E-state index contributed by atoms with van der Waals surface area (Å²) in [6.07, 6.45) is 1.76. The van der Waals surface area contributed by atoms with Crippen molar-refractivity contribution < 1.29 is 9.18 Å². The third-order valence-corrected chi connectivity index (χ3v) is 3.65. The highest BCUT2D eigenvalue weighted by Crippen LogP contribution is 2.25. The molecule has 0 aliphatic carbocycles. The lowest BCUT2D eigenvalue weighted by atomic mass is 10.0. The number of nitrogens with zero attached hydrogens (tertiary/aromatic N) is 1. The lowest BCUT2D eigenvalue weighted by molar-refractivity contribution is -0.121. The van der Waals surface area contributed by atoms with Crippen LogP contribution < -0.4 is 10.2 Å². The SMILES string of the molecule is CNC1CCCN(c2ccc(Br)c(F)c2)C1=O. The van der Waals surface area contributed by atoms with Crippen LogP contribution in [0, 0.1) is 5.82 Å². The highest BCUT2D eigenvalue weighted by Gasteiger charge is 2.28. The van der Waals surface area contributed by atoms with Crippen LogP contribution in [0.1, 0.15) is 12.8 Å². The fourth-order valence-corrected chi connectivity index (χ4v) is 2.30. The van der Waals surface area contributed by atoms with Gasteiger partial charge in [0.25, 0.3) is 0 Å². The van der Waals surface area contributed by atoms with Crippen molar-refractivity contribution in [3.8, 4) is 0 Å². The van der Waals surface area contributed by atoms with E-state index in [4.69, 9.17) is 0 Å². The van der Waals surface area contributed by atoms with E-state index in [1.54, 1.807) is 24.1 Å². The minimum absolute atomic E-state index is 0.0143.